The standard InChI is InChI=1S/C14H24N6O3S2/c1-20(2)9-11-3-7-23-12(11)10-24-8-6-17-14-13(16-5-4-15)18-25(21,22)19-14/h3,7H,4-6,8-10,15H2,1-2H3,(H,16,18)(H,17,19). The summed E-state index contributed by atoms with van der Waals surface area (Å²) in [5, 5.41) is 0. The Hall–Kier alpha value is -1.56. The van der Waals surface area contributed by atoms with Crippen LogP contribution < -0.4 is 15.2 Å². The molecule has 9 nitrogen and oxygen atoms in total. The van der Waals surface area contributed by atoms with Gasteiger partial charge in [0.1, 0.15) is 5.76 Å². The number of thioether (sulfide) groups is 1. The van der Waals surface area contributed by atoms with Gasteiger partial charge in [-0.1, -0.05) is 0 Å². The first-order valence-corrected chi connectivity index (χ1v) is 10.4. The van der Waals surface area contributed by atoms with Crippen molar-refractivity contribution in [2.75, 3.05) is 39.5 Å². The van der Waals surface area contributed by atoms with Crippen LogP contribution in [-0.2, 0) is 22.5 Å². The molecule has 0 aromatic carbocycles. The zero-order valence-electron chi connectivity index (χ0n) is 14.4. The first-order valence-electron chi connectivity index (χ1n) is 7.79. The van der Waals surface area contributed by atoms with Crippen LogP contribution in [0, 0.1) is 0 Å². The summed E-state index contributed by atoms with van der Waals surface area (Å²) in [6.07, 6.45) is 1.70. The van der Waals surface area contributed by atoms with Gasteiger partial charge < -0.3 is 15.1 Å². The summed E-state index contributed by atoms with van der Waals surface area (Å²) in [6.45, 7) is 1.98. The second-order valence-electron chi connectivity index (χ2n) is 5.62. The van der Waals surface area contributed by atoms with E-state index in [0.29, 0.717) is 19.6 Å². The van der Waals surface area contributed by atoms with Gasteiger partial charge in [0, 0.05) is 24.4 Å². The number of rotatable bonds is 9. The lowest BCUT2D eigenvalue weighted by molar-refractivity contribution is 0.396. The van der Waals surface area contributed by atoms with Gasteiger partial charge in [-0.3, -0.25) is 9.98 Å². The van der Waals surface area contributed by atoms with Crippen molar-refractivity contribution >= 4 is 33.6 Å². The van der Waals surface area contributed by atoms with Gasteiger partial charge in [-0.2, -0.15) is 20.2 Å². The molecule has 0 unspecified atom stereocenters. The normalized spacial score (nSPS) is 19.5. The molecule has 0 saturated carbocycles. The summed E-state index contributed by atoms with van der Waals surface area (Å²) in [5.41, 5.74) is 6.56. The number of nitrogens with zero attached hydrogens (tertiary/aromatic N) is 3. The summed E-state index contributed by atoms with van der Waals surface area (Å²) in [4.78, 5) is 10.4. The van der Waals surface area contributed by atoms with Crippen molar-refractivity contribution in [3.63, 3.8) is 0 Å². The lowest BCUT2D eigenvalue weighted by atomic mass is 10.2. The minimum absolute atomic E-state index is 0.217. The van der Waals surface area contributed by atoms with Gasteiger partial charge in [0.05, 0.1) is 25.1 Å². The summed E-state index contributed by atoms with van der Waals surface area (Å²) >= 11 is 1.68. The molecule has 11 heteroatoms. The molecular formula is C14H24N6O3S2. The van der Waals surface area contributed by atoms with Crippen LogP contribution in [0.5, 0.6) is 0 Å². The number of furan rings is 1. The van der Waals surface area contributed by atoms with E-state index in [1.54, 1.807) is 18.0 Å². The Labute approximate surface area is 152 Å². The molecule has 2 rings (SSSR count). The van der Waals surface area contributed by atoms with Crippen LogP contribution in [0.4, 0.5) is 0 Å². The van der Waals surface area contributed by atoms with E-state index in [0.717, 1.165) is 23.8 Å². The van der Waals surface area contributed by atoms with E-state index >= 15 is 0 Å². The highest BCUT2D eigenvalue weighted by atomic mass is 32.2. The van der Waals surface area contributed by atoms with E-state index < -0.39 is 10.2 Å². The third kappa shape index (κ3) is 6.34. The minimum Gasteiger partial charge on any atom is -0.468 e. The molecule has 0 radical (unpaired) electrons. The van der Waals surface area contributed by atoms with Crippen molar-refractivity contribution in [1.29, 1.82) is 0 Å². The summed E-state index contributed by atoms with van der Waals surface area (Å²) in [5.74, 6) is 2.89. The fourth-order valence-electron chi connectivity index (χ4n) is 2.13. The first-order chi connectivity index (χ1) is 11.9. The van der Waals surface area contributed by atoms with Gasteiger partial charge in [-0.25, -0.2) is 9.44 Å². The Bertz CT molecular complexity index is 727. The average molecular weight is 389 g/mol. The molecule has 1 fully saturated rings. The zero-order chi connectivity index (χ0) is 18.3. The number of nitrogens with two attached hydrogens (primary N) is 1. The molecular weight excluding hydrogens is 364 g/mol. The van der Waals surface area contributed by atoms with Crippen molar-refractivity contribution in [3.8, 4) is 0 Å². The number of nitrogens with one attached hydrogen (secondary N) is 2. The molecule has 1 aromatic rings. The highest BCUT2D eigenvalue weighted by molar-refractivity contribution is 7.98. The second kappa shape index (κ2) is 9.22. The molecule has 1 aliphatic rings. The molecule has 0 atom stereocenters. The van der Waals surface area contributed by atoms with Crippen LogP contribution >= 0.6 is 11.8 Å². The van der Waals surface area contributed by atoms with E-state index in [1.165, 1.54) is 5.56 Å². The highest BCUT2D eigenvalue weighted by Crippen LogP contribution is 2.18. The van der Waals surface area contributed by atoms with E-state index in [2.05, 4.69) is 24.3 Å². The molecule has 1 aromatic heterocycles. The molecule has 1 saturated heterocycles. The smallest absolute Gasteiger partial charge is 0.324 e. The van der Waals surface area contributed by atoms with Gasteiger partial charge in [0.15, 0.2) is 11.7 Å². The highest BCUT2D eigenvalue weighted by Gasteiger charge is 2.27. The molecule has 2 heterocycles. The van der Waals surface area contributed by atoms with Gasteiger partial charge in [0.25, 0.3) is 0 Å². The van der Waals surface area contributed by atoms with Crippen molar-refractivity contribution in [3.05, 3.63) is 23.7 Å². The number of aliphatic imine (C=N–C) groups is 2. The maximum Gasteiger partial charge on any atom is 0.324 e. The summed E-state index contributed by atoms with van der Waals surface area (Å²) in [6, 6.07) is 1.98. The molecule has 4 N–H and O–H groups in total. The monoisotopic (exact) mass is 388 g/mol. The molecule has 140 valence electrons. The Morgan fingerprint density at radius 3 is 2.56 bits per heavy atom. The zero-order valence-corrected chi connectivity index (χ0v) is 16.0. The SMILES string of the molecule is CN(C)Cc1ccoc1CSCCN=C1NS(=O)(=O)NC1=NCCN. The first kappa shape index (κ1) is 19.8. The van der Waals surface area contributed by atoms with Gasteiger partial charge in [0.2, 0.25) is 0 Å². The van der Waals surface area contributed by atoms with Crippen LogP contribution in [0.25, 0.3) is 0 Å². The van der Waals surface area contributed by atoms with Crippen LogP contribution in [0.1, 0.15) is 11.3 Å². The van der Waals surface area contributed by atoms with Crippen molar-refractivity contribution in [1.82, 2.24) is 14.3 Å². The van der Waals surface area contributed by atoms with E-state index in [9.17, 15) is 8.42 Å². The van der Waals surface area contributed by atoms with Crippen molar-refractivity contribution in [2.45, 2.75) is 12.3 Å². The maximum atomic E-state index is 11.5. The second-order valence-corrected chi connectivity index (χ2v) is 8.14. The maximum absolute atomic E-state index is 11.5. The number of hydrogen-bond acceptors (Lipinski definition) is 8. The average Bonchev–Trinajstić information content (AvgIpc) is 3.08. The van der Waals surface area contributed by atoms with E-state index in [4.69, 9.17) is 10.2 Å². The molecule has 0 spiro atoms. The minimum atomic E-state index is -3.60. The van der Waals surface area contributed by atoms with Crippen molar-refractivity contribution in [2.24, 2.45) is 15.7 Å². The Morgan fingerprint density at radius 1 is 1.24 bits per heavy atom. The van der Waals surface area contributed by atoms with Crippen LogP contribution in [0.2, 0.25) is 0 Å². The molecule has 1 aliphatic heterocycles. The third-order valence-electron chi connectivity index (χ3n) is 3.15. The van der Waals surface area contributed by atoms with Crippen LogP contribution in [-0.4, -0.2) is 64.5 Å². The molecule has 0 aliphatic carbocycles. The van der Waals surface area contributed by atoms with Gasteiger partial charge in [-0.05, 0) is 20.2 Å². The molecule has 0 amide bonds. The molecule has 25 heavy (non-hydrogen) atoms. The third-order valence-corrected chi connectivity index (χ3v) is 5.01. The topological polar surface area (TPSA) is 125 Å². The number of hydrogen-bond donors (Lipinski definition) is 3. The van der Waals surface area contributed by atoms with Crippen LogP contribution in [0.15, 0.2) is 26.7 Å². The van der Waals surface area contributed by atoms with Gasteiger partial charge >= 0.3 is 10.2 Å². The largest absolute Gasteiger partial charge is 0.468 e. The Balaban J connectivity index is 1.83. The van der Waals surface area contributed by atoms with Gasteiger partial charge in [-0.15, -0.1) is 0 Å². The van der Waals surface area contributed by atoms with E-state index in [1.807, 2.05) is 20.2 Å². The quantitative estimate of drug-likeness (QED) is 0.502. The molecule has 0 bridgehead atoms. The predicted molar refractivity (Wildman–Crippen MR) is 101 cm³/mol. The van der Waals surface area contributed by atoms with Crippen LogP contribution in [0.3, 0.4) is 0 Å². The Morgan fingerprint density at radius 2 is 1.92 bits per heavy atom. The van der Waals surface area contributed by atoms with E-state index in [-0.39, 0.29) is 11.7 Å². The lowest BCUT2D eigenvalue weighted by Crippen LogP contribution is -2.25. The van der Waals surface area contributed by atoms with Crippen molar-refractivity contribution < 1.29 is 12.8 Å². The Kier molecular flexibility index (Phi) is 7.29. The fraction of sp³-hybridized carbons (Fsp3) is 0.571. The summed E-state index contributed by atoms with van der Waals surface area (Å²) in [7, 11) is 0.430. The predicted octanol–water partition coefficient (Wildman–Crippen LogP) is -0.232. The number of amidine groups is 2. The summed E-state index contributed by atoms with van der Waals surface area (Å²) < 4.78 is 33.2. The lowest BCUT2D eigenvalue weighted by Gasteiger charge is -2.09. The fourth-order valence-corrected chi connectivity index (χ4v) is 3.82.